The van der Waals surface area contributed by atoms with Crippen molar-refractivity contribution in [3.63, 3.8) is 0 Å². The second kappa shape index (κ2) is 9.81. The van der Waals surface area contributed by atoms with Crippen molar-refractivity contribution in [1.82, 2.24) is 24.9 Å². The van der Waals surface area contributed by atoms with Crippen molar-refractivity contribution < 1.29 is 4.74 Å². The van der Waals surface area contributed by atoms with E-state index in [0.717, 1.165) is 41.2 Å². The van der Waals surface area contributed by atoms with Crippen LogP contribution in [0.3, 0.4) is 0 Å². The number of nitrogens with one attached hydrogen (secondary N) is 1. The lowest BCUT2D eigenvalue weighted by atomic mass is 10.1. The van der Waals surface area contributed by atoms with Crippen molar-refractivity contribution in [1.29, 1.82) is 0 Å². The highest BCUT2D eigenvalue weighted by Gasteiger charge is 2.15. The summed E-state index contributed by atoms with van der Waals surface area (Å²) in [5, 5.41) is 13.4. The number of aryl methyl sites for hydroxylation is 1. The quantitative estimate of drug-likeness (QED) is 0.403. The summed E-state index contributed by atoms with van der Waals surface area (Å²) in [6, 6.07) is 17.9. The predicted octanol–water partition coefficient (Wildman–Crippen LogP) is 4.97. The molecule has 0 saturated carbocycles. The Kier molecular flexibility index (Phi) is 6.70. The Hall–Kier alpha value is -3.09. The molecular formula is C24H26ClN5O. The van der Waals surface area contributed by atoms with E-state index < -0.39 is 0 Å². The lowest BCUT2D eigenvalue weighted by Gasteiger charge is -2.14. The first-order valence-electron chi connectivity index (χ1n) is 10.3. The molecule has 0 amide bonds. The minimum Gasteiger partial charge on any atom is -0.497 e. The van der Waals surface area contributed by atoms with Gasteiger partial charge >= 0.3 is 0 Å². The first-order chi connectivity index (χ1) is 15.1. The van der Waals surface area contributed by atoms with E-state index in [1.165, 1.54) is 0 Å². The van der Waals surface area contributed by atoms with Crippen molar-refractivity contribution in [3.05, 3.63) is 83.8 Å². The highest BCUT2D eigenvalue weighted by Crippen LogP contribution is 2.30. The third kappa shape index (κ3) is 5.16. The van der Waals surface area contributed by atoms with Crippen molar-refractivity contribution in [2.24, 2.45) is 0 Å². The average molecular weight is 436 g/mol. The molecule has 0 aliphatic carbocycles. The molecule has 0 spiro atoms. The number of methoxy groups -OCH3 is 1. The van der Waals surface area contributed by atoms with Gasteiger partial charge in [-0.1, -0.05) is 29.8 Å². The Balaban J connectivity index is 1.55. The van der Waals surface area contributed by atoms with Gasteiger partial charge in [-0.2, -0.15) is 10.2 Å². The van der Waals surface area contributed by atoms with Gasteiger partial charge in [-0.3, -0.25) is 4.68 Å². The Morgan fingerprint density at radius 3 is 2.61 bits per heavy atom. The van der Waals surface area contributed by atoms with Crippen LogP contribution in [0, 0.1) is 0 Å². The van der Waals surface area contributed by atoms with Gasteiger partial charge in [-0.05, 0) is 49.7 Å². The summed E-state index contributed by atoms with van der Waals surface area (Å²) >= 11 is 6.50. The van der Waals surface area contributed by atoms with E-state index in [1.807, 2.05) is 76.4 Å². The lowest BCUT2D eigenvalue weighted by Crippen LogP contribution is -2.27. The first-order valence-corrected chi connectivity index (χ1v) is 10.7. The molecule has 0 unspecified atom stereocenters. The van der Waals surface area contributed by atoms with E-state index in [4.69, 9.17) is 21.4 Å². The van der Waals surface area contributed by atoms with E-state index in [1.54, 1.807) is 7.11 Å². The molecule has 6 nitrogen and oxygen atoms in total. The highest BCUT2D eigenvalue weighted by atomic mass is 35.5. The molecule has 0 saturated heterocycles. The molecule has 0 bridgehead atoms. The van der Waals surface area contributed by atoms with E-state index in [-0.39, 0.29) is 0 Å². The van der Waals surface area contributed by atoms with Crippen molar-refractivity contribution in [2.75, 3.05) is 7.11 Å². The molecule has 2 heterocycles. The summed E-state index contributed by atoms with van der Waals surface area (Å²) in [5.41, 5.74) is 3.87. The SMILES string of the molecule is COc1ccc(-n2cc(CN[C@H](C)CCn3cccn3)c(-c3ccccc3Cl)n2)cc1. The molecule has 0 fully saturated rings. The highest BCUT2D eigenvalue weighted by molar-refractivity contribution is 6.33. The summed E-state index contributed by atoms with van der Waals surface area (Å²) < 4.78 is 9.12. The van der Waals surface area contributed by atoms with Gasteiger partial charge in [0.1, 0.15) is 5.75 Å². The molecule has 1 N–H and O–H groups in total. The predicted molar refractivity (Wildman–Crippen MR) is 124 cm³/mol. The van der Waals surface area contributed by atoms with E-state index in [9.17, 15) is 0 Å². The molecule has 1 atom stereocenters. The fraction of sp³-hybridized carbons (Fsp3) is 0.250. The number of aromatic nitrogens is 4. The smallest absolute Gasteiger partial charge is 0.119 e. The Morgan fingerprint density at radius 1 is 1.10 bits per heavy atom. The van der Waals surface area contributed by atoms with Crippen LogP contribution in [0.15, 0.2) is 73.2 Å². The molecule has 0 aliphatic heterocycles. The molecule has 7 heteroatoms. The fourth-order valence-corrected chi connectivity index (χ4v) is 3.66. The third-order valence-corrected chi connectivity index (χ3v) is 5.58. The van der Waals surface area contributed by atoms with Gasteiger partial charge in [0.15, 0.2) is 0 Å². The topological polar surface area (TPSA) is 56.9 Å². The van der Waals surface area contributed by atoms with Gasteiger partial charge in [-0.15, -0.1) is 0 Å². The molecule has 2 aromatic carbocycles. The number of hydrogen-bond donors (Lipinski definition) is 1. The van der Waals surface area contributed by atoms with Crippen LogP contribution in [-0.4, -0.2) is 32.7 Å². The number of hydrogen-bond acceptors (Lipinski definition) is 4. The molecule has 0 radical (unpaired) electrons. The van der Waals surface area contributed by atoms with Gasteiger partial charge < -0.3 is 10.1 Å². The van der Waals surface area contributed by atoms with Crippen molar-refractivity contribution in [3.8, 4) is 22.7 Å². The van der Waals surface area contributed by atoms with Crippen LogP contribution in [0.25, 0.3) is 16.9 Å². The summed E-state index contributed by atoms with van der Waals surface area (Å²) in [6.07, 6.45) is 6.84. The van der Waals surface area contributed by atoms with Crippen LogP contribution in [0.4, 0.5) is 0 Å². The van der Waals surface area contributed by atoms with E-state index >= 15 is 0 Å². The zero-order valence-electron chi connectivity index (χ0n) is 17.7. The molecular weight excluding hydrogens is 410 g/mol. The largest absolute Gasteiger partial charge is 0.497 e. The Bertz CT molecular complexity index is 1110. The van der Waals surface area contributed by atoms with Crippen LogP contribution in [-0.2, 0) is 13.1 Å². The molecule has 2 aromatic heterocycles. The molecule has 160 valence electrons. The molecule has 4 aromatic rings. The molecule has 0 aliphatic rings. The monoisotopic (exact) mass is 435 g/mol. The molecule has 4 rings (SSSR count). The summed E-state index contributed by atoms with van der Waals surface area (Å²) in [7, 11) is 1.66. The van der Waals surface area contributed by atoms with Crippen LogP contribution in [0.5, 0.6) is 5.75 Å². The van der Waals surface area contributed by atoms with E-state index in [0.29, 0.717) is 17.6 Å². The average Bonchev–Trinajstić information content (AvgIpc) is 3.47. The minimum atomic E-state index is 0.327. The second-order valence-electron chi connectivity index (χ2n) is 7.47. The van der Waals surface area contributed by atoms with Crippen LogP contribution in [0.1, 0.15) is 18.9 Å². The fourth-order valence-electron chi connectivity index (χ4n) is 3.43. The normalized spacial score (nSPS) is 12.1. The van der Waals surface area contributed by atoms with Crippen LogP contribution >= 0.6 is 11.6 Å². The number of halogens is 1. The van der Waals surface area contributed by atoms with Gasteiger partial charge in [0, 0.05) is 48.8 Å². The number of rotatable bonds is 9. The zero-order valence-corrected chi connectivity index (χ0v) is 18.5. The van der Waals surface area contributed by atoms with E-state index in [2.05, 4.69) is 23.5 Å². The summed E-state index contributed by atoms with van der Waals surface area (Å²) in [4.78, 5) is 0. The summed E-state index contributed by atoms with van der Waals surface area (Å²) in [5.74, 6) is 0.815. The van der Waals surface area contributed by atoms with Gasteiger partial charge in [0.25, 0.3) is 0 Å². The van der Waals surface area contributed by atoms with Gasteiger partial charge in [-0.25, -0.2) is 4.68 Å². The van der Waals surface area contributed by atoms with Crippen LogP contribution < -0.4 is 10.1 Å². The second-order valence-corrected chi connectivity index (χ2v) is 7.87. The standard InChI is InChI=1S/C24H26ClN5O/c1-18(12-15-29-14-5-13-27-29)26-16-19-17-30(20-8-10-21(31-2)11-9-20)28-24(19)22-6-3-4-7-23(22)25/h3-11,13-14,17-18,26H,12,15-16H2,1-2H3/t18-/m1/s1. The lowest BCUT2D eigenvalue weighted by molar-refractivity contribution is 0.414. The van der Waals surface area contributed by atoms with Gasteiger partial charge in [0.05, 0.1) is 23.5 Å². The first kappa shape index (κ1) is 21.2. The van der Waals surface area contributed by atoms with Crippen LogP contribution in [0.2, 0.25) is 5.02 Å². The Morgan fingerprint density at radius 2 is 1.90 bits per heavy atom. The maximum Gasteiger partial charge on any atom is 0.119 e. The maximum atomic E-state index is 6.50. The minimum absolute atomic E-state index is 0.327. The van der Waals surface area contributed by atoms with Crippen molar-refractivity contribution >= 4 is 11.6 Å². The Labute approximate surface area is 187 Å². The number of ether oxygens (including phenoxy) is 1. The zero-order chi connectivity index (χ0) is 21.6. The number of nitrogens with zero attached hydrogens (tertiary/aromatic N) is 4. The third-order valence-electron chi connectivity index (χ3n) is 5.25. The van der Waals surface area contributed by atoms with Crippen molar-refractivity contribution in [2.45, 2.75) is 32.5 Å². The molecule has 31 heavy (non-hydrogen) atoms. The van der Waals surface area contributed by atoms with Gasteiger partial charge in [0.2, 0.25) is 0 Å². The number of benzene rings is 2. The maximum absolute atomic E-state index is 6.50. The summed E-state index contributed by atoms with van der Waals surface area (Å²) in [6.45, 7) is 3.76.